The normalized spacial score (nSPS) is 19.8. The molecule has 3 N–H and O–H groups in total. The van der Waals surface area contributed by atoms with Gasteiger partial charge in [0.1, 0.15) is 36.1 Å². The maximum Gasteiger partial charge on any atom is 0.308 e. The predicted octanol–water partition coefficient (Wildman–Crippen LogP) is 1.11. The zero-order chi connectivity index (χ0) is 31.6. The number of nitrogens with zero attached hydrogens (tertiary/aromatic N) is 2. The quantitative estimate of drug-likeness (QED) is 0.282. The Balaban J connectivity index is 1.67. The summed E-state index contributed by atoms with van der Waals surface area (Å²) in [5.41, 5.74) is -0.746. The number of ether oxygens (including phenoxy) is 3. The second-order valence-electron chi connectivity index (χ2n) is 12.5. The van der Waals surface area contributed by atoms with Crippen molar-refractivity contribution in [3.8, 4) is 5.75 Å². The Bertz CT molecular complexity index is 1070. The summed E-state index contributed by atoms with van der Waals surface area (Å²) in [6, 6.07) is 6.27. The lowest BCUT2D eigenvalue weighted by Gasteiger charge is -2.33. The number of amides is 3. The summed E-state index contributed by atoms with van der Waals surface area (Å²) >= 11 is 0. The number of morpholine rings is 1. The van der Waals surface area contributed by atoms with E-state index in [4.69, 9.17) is 14.2 Å². The van der Waals surface area contributed by atoms with Gasteiger partial charge in [-0.05, 0) is 51.7 Å². The van der Waals surface area contributed by atoms with E-state index in [1.165, 1.54) is 4.90 Å². The average Bonchev–Trinajstić information content (AvgIpc) is 3.44. The van der Waals surface area contributed by atoms with Gasteiger partial charge in [-0.1, -0.05) is 32.0 Å². The van der Waals surface area contributed by atoms with E-state index in [1.54, 1.807) is 45.0 Å². The van der Waals surface area contributed by atoms with Gasteiger partial charge in [-0.25, -0.2) is 0 Å². The first-order valence-corrected chi connectivity index (χ1v) is 15.1. The highest BCUT2D eigenvalue weighted by atomic mass is 16.6. The third-order valence-electron chi connectivity index (χ3n) is 7.32. The molecule has 1 unspecified atom stereocenters. The summed E-state index contributed by atoms with van der Waals surface area (Å²) in [6.45, 7) is 11.7. The third-order valence-corrected chi connectivity index (χ3v) is 7.32. The zero-order valence-electron chi connectivity index (χ0n) is 26.0. The Labute approximate surface area is 254 Å². The fraction of sp³-hybridized carbons (Fsp3) is 0.677. The number of carbonyl (C=O) groups excluding carboxylic acids is 4. The first kappa shape index (κ1) is 34.3. The Morgan fingerprint density at radius 2 is 1.72 bits per heavy atom. The number of likely N-dealkylation sites (tertiary alicyclic amines) is 1. The van der Waals surface area contributed by atoms with Gasteiger partial charge in [-0.15, -0.1) is 0 Å². The second-order valence-corrected chi connectivity index (χ2v) is 12.5. The van der Waals surface area contributed by atoms with Crippen LogP contribution in [0.1, 0.15) is 53.9 Å². The van der Waals surface area contributed by atoms with Gasteiger partial charge in [0.05, 0.1) is 32.2 Å². The van der Waals surface area contributed by atoms with E-state index in [0.717, 1.165) is 0 Å². The highest BCUT2D eigenvalue weighted by molar-refractivity contribution is 5.93. The van der Waals surface area contributed by atoms with Gasteiger partial charge >= 0.3 is 5.97 Å². The molecule has 12 nitrogen and oxygen atoms in total. The highest BCUT2D eigenvalue weighted by Crippen LogP contribution is 2.22. The van der Waals surface area contributed by atoms with Crippen molar-refractivity contribution >= 4 is 23.7 Å². The number of aliphatic hydroxyl groups is 1. The maximum atomic E-state index is 13.7. The van der Waals surface area contributed by atoms with E-state index in [1.807, 2.05) is 24.8 Å². The zero-order valence-corrected chi connectivity index (χ0v) is 26.0. The Morgan fingerprint density at radius 3 is 2.35 bits per heavy atom. The molecule has 1 aromatic carbocycles. The molecule has 0 radical (unpaired) electrons. The fourth-order valence-corrected chi connectivity index (χ4v) is 5.12. The van der Waals surface area contributed by atoms with Crippen LogP contribution in [0.2, 0.25) is 0 Å². The van der Waals surface area contributed by atoms with Crippen LogP contribution in [0.25, 0.3) is 0 Å². The Hall–Kier alpha value is -3.22. The van der Waals surface area contributed by atoms with Crippen LogP contribution in [0.4, 0.5) is 0 Å². The van der Waals surface area contributed by atoms with Crippen molar-refractivity contribution in [3.05, 3.63) is 30.3 Å². The molecule has 0 aromatic heterocycles. The van der Waals surface area contributed by atoms with Crippen LogP contribution in [0.3, 0.4) is 0 Å². The van der Waals surface area contributed by atoms with Gasteiger partial charge in [0, 0.05) is 19.6 Å². The van der Waals surface area contributed by atoms with E-state index in [-0.39, 0.29) is 37.3 Å². The number of rotatable bonds is 13. The van der Waals surface area contributed by atoms with Crippen molar-refractivity contribution in [2.24, 2.45) is 5.92 Å². The number of hydrogen-bond donors (Lipinski definition) is 3. The van der Waals surface area contributed by atoms with E-state index in [9.17, 15) is 24.3 Å². The molecule has 1 aromatic rings. The van der Waals surface area contributed by atoms with Gasteiger partial charge < -0.3 is 34.9 Å². The minimum absolute atomic E-state index is 0.166. The summed E-state index contributed by atoms with van der Waals surface area (Å²) in [6.07, 6.45) is -0.493. The molecule has 2 heterocycles. The van der Waals surface area contributed by atoms with Gasteiger partial charge in [0.25, 0.3) is 0 Å². The summed E-state index contributed by atoms with van der Waals surface area (Å²) in [7, 11) is 0. The van der Waals surface area contributed by atoms with Crippen LogP contribution in [-0.2, 0) is 28.7 Å². The standard InChI is InChI=1S/C31H48N4O8/c1-21(2)28(33-26(37)19-34-14-16-41-17-15-34)30(40)35-13-9-12-24(35)29(39)32-23(18-27(38)43-31(3,4)5)25(36)20-42-22-10-7-6-8-11-22/h6-8,10-11,21,23-25,28,36H,9,12-20H2,1-5H3,(H,32,39)(H,33,37)/t23-,24-,25?,28-/m0/s1. The first-order valence-electron chi connectivity index (χ1n) is 15.1. The predicted molar refractivity (Wildman–Crippen MR) is 159 cm³/mol. The number of nitrogens with one attached hydrogen (secondary N) is 2. The molecular weight excluding hydrogens is 556 g/mol. The molecule has 12 heteroatoms. The Kier molecular flexibility index (Phi) is 12.8. The van der Waals surface area contributed by atoms with Crippen LogP contribution in [0.5, 0.6) is 5.75 Å². The van der Waals surface area contributed by atoms with Crippen molar-refractivity contribution in [1.29, 1.82) is 0 Å². The summed E-state index contributed by atoms with van der Waals surface area (Å²) < 4.78 is 16.5. The highest BCUT2D eigenvalue weighted by Gasteiger charge is 2.40. The van der Waals surface area contributed by atoms with E-state index in [2.05, 4.69) is 10.6 Å². The SMILES string of the molecule is CC(C)[C@H](NC(=O)CN1CCOCC1)C(=O)N1CCC[C@H]1C(=O)N[C@@H](CC(=O)OC(C)(C)C)C(O)COc1ccccc1. The monoisotopic (exact) mass is 604 g/mol. The van der Waals surface area contributed by atoms with E-state index in [0.29, 0.717) is 51.4 Å². The number of aliphatic hydroxyl groups excluding tert-OH is 1. The van der Waals surface area contributed by atoms with Gasteiger partial charge in [-0.3, -0.25) is 24.1 Å². The van der Waals surface area contributed by atoms with Gasteiger partial charge in [0.2, 0.25) is 17.7 Å². The van der Waals surface area contributed by atoms with Crippen molar-refractivity contribution in [2.75, 3.05) is 46.0 Å². The lowest BCUT2D eigenvalue weighted by atomic mass is 10.0. The third kappa shape index (κ3) is 11.1. The molecule has 2 aliphatic rings. The molecule has 4 atom stereocenters. The molecule has 0 aliphatic carbocycles. The molecule has 43 heavy (non-hydrogen) atoms. The largest absolute Gasteiger partial charge is 0.491 e. The number of para-hydroxylation sites is 1. The molecule has 240 valence electrons. The molecule has 3 amide bonds. The lowest BCUT2D eigenvalue weighted by molar-refractivity contribution is -0.156. The molecule has 2 saturated heterocycles. The first-order chi connectivity index (χ1) is 20.3. The van der Waals surface area contributed by atoms with Crippen molar-refractivity contribution in [3.63, 3.8) is 0 Å². The maximum absolute atomic E-state index is 13.7. The van der Waals surface area contributed by atoms with Gasteiger partial charge in [-0.2, -0.15) is 0 Å². The number of benzene rings is 1. The molecule has 2 fully saturated rings. The van der Waals surface area contributed by atoms with E-state index >= 15 is 0 Å². The van der Waals surface area contributed by atoms with Crippen LogP contribution in [0.15, 0.2) is 30.3 Å². The van der Waals surface area contributed by atoms with Crippen molar-refractivity contribution in [2.45, 2.75) is 83.7 Å². The number of hydrogen-bond acceptors (Lipinski definition) is 9. The van der Waals surface area contributed by atoms with Crippen LogP contribution < -0.4 is 15.4 Å². The van der Waals surface area contributed by atoms with Crippen molar-refractivity contribution in [1.82, 2.24) is 20.4 Å². The number of carbonyl (C=O) groups is 4. The topological polar surface area (TPSA) is 147 Å². The minimum Gasteiger partial charge on any atom is -0.491 e. The molecule has 3 rings (SSSR count). The molecule has 2 aliphatic heterocycles. The smallest absolute Gasteiger partial charge is 0.308 e. The molecular formula is C31H48N4O8. The molecule has 0 saturated carbocycles. The molecule has 0 spiro atoms. The van der Waals surface area contributed by atoms with E-state index < -0.39 is 41.7 Å². The fourth-order valence-electron chi connectivity index (χ4n) is 5.12. The summed E-state index contributed by atoms with van der Waals surface area (Å²) in [5, 5.41) is 16.7. The summed E-state index contributed by atoms with van der Waals surface area (Å²) in [5.74, 6) is -1.33. The van der Waals surface area contributed by atoms with Gasteiger partial charge in [0.15, 0.2) is 0 Å². The van der Waals surface area contributed by atoms with Crippen molar-refractivity contribution < 1.29 is 38.5 Å². The molecule has 0 bridgehead atoms. The minimum atomic E-state index is -1.23. The van der Waals surface area contributed by atoms with Crippen LogP contribution in [0, 0.1) is 5.92 Å². The number of esters is 1. The Morgan fingerprint density at radius 1 is 1.05 bits per heavy atom. The van der Waals surface area contributed by atoms with Crippen LogP contribution >= 0.6 is 0 Å². The second kappa shape index (κ2) is 16.0. The lowest BCUT2D eigenvalue weighted by Crippen LogP contribution is -2.58. The van der Waals surface area contributed by atoms with Crippen LogP contribution in [-0.4, -0.2) is 114 Å². The average molecular weight is 605 g/mol. The summed E-state index contributed by atoms with van der Waals surface area (Å²) in [4.78, 5) is 56.3.